The Morgan fingerprint density at radius 3 is 2.83 bits per heavy atom. The molecule has 3 nitrogen and oxygen atoms in total. The summed E-state index contributed by atoms with van der Waals surface area (Å²) in [7, 11) is 0. The van der Waals surface area contributed by atoms with E-state index >= 15 is 0 Å². The zero-order chi connectivity index (χ0) is 12.4. The van der Waals surface area contributed by atoms with Crippen LogP contribution in [0.3, 0.4) is 0 Å². The maximum atomic E-state index is 4.53. The van der Waals surface area contributed by atoms with Gasteiger partial charge >= 0.3 is 0 Å². The monoisotopic (exact) mass is 255 g/mol. The number of benzene rings is 1. The Labute approximate surface area is 110 Å². The second-order valence-electron chi connectivity index (χ2n) is 4.19. The summed E-state index contributed by atoms with van der Waals surface area (Å²) in [5.41, 5.74) is 2.57. The highest BCUT2D eigenvalue weighted by molar-refractivity contribution is 7.13. The summed E-state index contributed by atoms with van der Waals surface area (Å²) in [5.74, 6) is 1.70. The smallest absolute Gasteiger partial charge is 0.191 e. The van der Waals surface area contributed by atoms with E-state index in [4.69, 9.17) is 0 Å². The molecule has 0 bridgehead atoms. The summed E-state index contributed by atoms with van der Waals surface area (Å²) in [6.07, 6.45) is 0.797. The van der Waals surface area contributed by atoms with Gasteiger partial charge < -0.3 is 0 Å². The number of hydrogen-bond acceptors (Lipinski definition) is 3. The molecule has 2 aromatic heterocycles. The van der Waals surface area contributed by atoms with Crippen LogP contribution in [0.25, 0.3) is 10.7 Å². The van der Waals surface area contributed by atoms with Crippen molar-refractivity contribution in [1.82, 2.24) is 15.2 Å². The summed E-state index contributed by atoms with van der Waals surface area (Å²) >= 11 is 1.65. The Hall–Kier alpha value is -1.94. The van der Waals surface area contributed by atoms with Crippen LogP contribution in [0.4, 0.5) is 0 Å². The summed E-state index contributed by atoms with van der Waals surface area (Å²) in [6.45, 7) is 2.12. The van der Waals surface area contributed by atoms with Crippen LogP contribution in [-0.4, -0.2) is 15.2 Å². The molecular weight excluding hydrogens is 242 g/mol. The molecular formula is C14H13N3S. The number of rotatable bonds is 3. The van der Waals surface area contributed by atoms with Crippen molar-refractivity contribution in [3.05, 3.63) is 58.7 Å². The molecule has 4 heteroatoms. The first kappa shape index (κ1) is 11.2. The predicted octanol–water partition coefficient (Wildman–Crippen LogP) is 3.43. The third-order valence-corrected chi connectivity index (χ3v) is 3.76. The molecule has 0 fully saturated rings. The summed E-state index contributed by atoms with van der Waals surface area (Å²) in [5, 5.41) is 9.31. The van der Waals surface area contributed by atoms with Gasteiger partial charge in [-0.3, -0.25) is 5.10 Å². The Morgan fingerprint density at radius 2 is 2.06 bits per heavy atom. The summed E-state index contributed by atoms with van der Waals surface area (Å²) in [6, 6.07) is 12.4. The van der Waals surface area contributed by atoms with E-state index in [0.29, 0.717) is 0 Å². The van der Waals surface area contributed by atoms with Gasteiger partial charge in [-0.2, -0.15) is 5.10 Å². The van der Waals surface area contributed by atoms with Crippen LogP contribution in [0.1, 0.15) is 17.0 Å². The largest absolute Gasteiger partial charge is 0.262 e. The minimum Gasteiger partial charge on any atom is -0.262 e. The minimum absolute atomic E-state index is 0.786. The Bertz CT molecular complexity index is 641. The van der Waals surface area contributed by atoms with E-state index in [1.165, 1.54) is 11.1 Å². The quantitative estimate of drug-likeness (QED) is 0.779. The molecule has 0 atom stereocenters. The molecule has 0 saturated carbocycles. The molecule has 0 radical (unpaired) electrons. The van der Waals surface area contributed by atoms with Crippen LogP contribution >= 0.6 is 11.3 Å². The molecule has 2 heterocycles. The lowest BCUT2D eigenvalue weighted by atomic mass is 10.1. The van der Waals surface area contributed by atoms with Crippen LogP contribution in [0.5, 0.6) is 0 Å². The predicted molar refractivity (Wildman–Crippen MR) is 73.7 cm³/mol. The van der Waals surface area contributed by atoms with Crippen molar-refractivity contribution in [2.45, 2.75) is 13.3 Å². The van der Waals surface area contributed by atoms with Gasteiger partial charge in [0.15, 0.2) is 5.82 Å². The first-order valence-corrected chi connectivity index (χ1v) is 6.70. The summed E-state index contributed by atoms with van der Waals surface area (Å²) in [4.78, 5) is 5.63. The van der Waals surface area contributed by atoms with E-state index in [2.05, 4.69) is 46.4 Å². The SMILES string of the molecule is Cc1ccccc1Cc1nc(-c2cccs2)n[nH]1. The third-order valence-electron chi connectivity index (χ3n) is 2.89. The van der Waals surface area contributed by atoms with Crippen molar-refractivity contribution in [1.29, 1.82) is 0 Å². The number of H-pyrrole nitrogens is 1. The number of hydrogen-bond donors (Lipinski definition) is 1. The lowest BCUT2D eigenvalue weighted by Crippen LogP contribution is -1.93. The Morgan fingerprint density at radius 1 is 1.17 bits per heavy atom. The number of nitrogens with one attached hydrogen (secondary N) is 1. The minimum atomic E-state index is 0.786. The normalized spacial score (nSPS) is 10.7. The lowest BCUT2D eigenvalue weighted by molar-refractivity contribution is 0.966. The van der Waals surface area contributed by atoms with Crippen LogP contribution in [-0.2, 0) is 6.42 Å². The average molecular weight is 255 g/mol. The molecule has 0 amide bonds. The van der Waals surface area contributed by atoms with E-state index in [1.807, 2.05) is 17.5 Å². The Balaban J connectivity index is 1.85. The first-order chi connectivity index (χ1) is 8.83. The van der Waals surface area contributed by atoms with Crippen LogP contribution in [0.15, 0.2) is 41.8 Å². The van der Waals surface area contributed by atoms with Crippen molar-refractivity contribution in [2.24, 2.45) is 0 Å². The van der Waals surface area contributed by atoms with Crippen LogP contribution in [0, 0.1) is 6.92 Å². The number of nitrogens with zero attached hydrogens (tertiary/aromatic N) is 2. The number of thiophene rings is 1. The maximum Gasteiger partial charge on any atom is 0.191 e. The molecule has 0 saturated heterocycles. The number of aromatic nitrogens is 3. The van der Waals surface area contributed by atoms with E-state index in [9.17, 15) is 0 Å². The van der Waals surface area contributed by atoms with Crippen molar-refractivity contribution in [3.8, 4) is 10.7 Å². The topological polar surface area (TPSA) is 41.6 Å². The van der Waals surface area contributed by atoms with Crippen LogP contribution in [0.2, 0.25) is 0 Å². The fraction of sp³-hybridized carbons (Fsp3) is 0.143. The fourth-order valence-electron chi connectivity index (χ4n) is 1.88. The first-order valence-electron chi connectivity index (χ1n) is 5.82. The van der Waals surface area contributed by atoms with Crippen molar-refractivity contribution >= 4 is 11.3 Å². The maximum absolute atomic E-state index is 4.53. The molecule has 1 N–H and O–H groups in total. The van der Waals surface area contributed by atoms with Crippen molar-refractivity contribution in [3.63, 3.8) is 0 Å². The number of aryl methyl sites for hydroxylation is 1. The van der Waals surface area contributed by atoms with Gasteiger partial charge in [0, 0.05) is 6.42 Å². The average Bonchev–Trinajstić information content (AvgIpc) is 3.02. The second-order valence-corrected chi connectivity index (χ2v) is 5.13. The van der Waals surface area contributed by atoms with Gasteiger partial charge in [0.1, 0.15) is 5.82 Å². The van der Waals surface area contributed by atoms with Gasteiger partial charge in [-0.05, 0) is 29.5 Å². The Kier molecular flexibility index (Phi) is 2.94. The molecule has 0 aliphatic carbocycles. The van der Waals surface area contributed by atoms with Gasteiger partial charge in [-0.25, -0.2) is 4.98 Å². The highest BCUT2D eigenvalue weighted by atomic mass is 32.1. The van der Waals surface area contributed by atoms with E-state index in [1.54, 1.807) is 11.3 Å². The highest BCUT2D eigenvalue weighted by Gasteiger charge is 2.07. The van der Waals surface area contributed by atoms with Crippen molar-refractivity contribution < 1.29 is 0 Å². The molecule has 0 aliphatic heterocycles. The van der Waals surface area contributed by atoms with Crippen molar-refractivity contribution in [2.75, 3.05) is 0 Å². The third kappa shape index (κ3) is 2.19. The van der Waals surface area contributed by atoms with Gasteiger partial charge in [-0.15, -0.1) is 11.3 Å². The highest BCUT2D eigenvalue weighted by Crippen LogP contribution is 2.21. The van der Waals surface area contributed by atoms with E-state index in [0.717, 1.165) is 22.9 Å². The molecule has 18 heavy (non-hydrogen) atoms. The fourth-order valence-corrected chi connectivity index (χ4v) is 2.54. The molecule has 3 aromatic rings. The molecule has 0 spiro atoms. The van der Waals surface area contributed by atoms with Gasteiger partial charge in [0.25, 0.3) is 0 Å². The zero-order valence-electron chi connectivity index (χ0n) is 10.1. The van der Waals surface area contributed by atoms with Crippen LogP contribution < -0.4 is 0 Å². The molecule has 1 aromatic carbocycles. The molecule has 3 rings (SSSR count). The van der Waals surface area contributed by atoms with E-state index < -0.39 is 0 Å². The number of aromatic amines is 1. The second kappa shape index (κ2) is 4.74. The zero-order valence-corrected chi connectivity index (χ0v) is 10.9. The molecule has 0 aliphatic rings. The molecule has 0 unspecified atom stereocenters. The van der Waals surface area contributed by atoms with Gasteiger partial charge in [0.2, 0.25) is 0 Å². The van der Waals surface area contributed by atoms with E-state index in [-0.39, 0.29) is 0 Å². The lowest BCUT2D eigenvalue weighted by Gasteiger charge is -2.01. The molecule has 90 valence electrons. The van der Waals surface area contributed by atoms with Gasteiger partial charge in [0.05, 0.1) is 4.88 Å². The standard InChI is InChI=1S/C14H13N3S/c1-10-5-2-3-6-11(10)9-13-15-14(17-16-13)12-7-4-8-18-12/h2-8H,9H2,1H3,(H,15,16,17). The van der Waals surface area contributed by atoms with Gasteiger partial charge in [-0.1, -0.05) is 30.3 Å². The summed E-state index contributed by atoms with van der Waals surface area (Å²) < 4.78 is 0.